The Morgan fingerprint density at radius 2 is 2.26 bits per heavy atom. The van der Waals surface area contributed by atoms with Gasteiger partial charge in [0.25, 0.3) is 0 Å². The Bertz CT molecular complexity index is 623. The first-order chi connectivity index (χ1) is 9.16. The van der Waals surface area contributed by atoms with Crippen molar-refractivity contribution >= 4 is 11.7 Å². The van der Waals surface area contributed by atoms with E-state index in [0.717, 1.165) is 17.1 Å². The standard InChI is InChI=1S/C13H14N4O2/c1-16-12(14-8-15-16)7-17-10-5-3-2-4-9(10)6-11(17)13(18)19/h2-5,8,11H,6-7H2,1H3,(H,18,19). The fourth-order valence-electron chi connectivity index (χ4n) is 2.48. The molecule has 0 aliphatic carbocycles. The molecule has 1 aliphatic heterocycles. The summed E-state index contributed by atoms with van der Waals surface area (Å²) in [6, 6.07) is 7.25. The zero-order valence-electron chi connectivity index (χ0n) is 10.5. The molecule has 1 aromatic carbocycles. The van der Waals surface area contributed by atoms with Crippen LogP contribution in [0, 0.1) is 0 Å². The predicted molar refractivity (Wildman–Crippen MR) is 68.8 cm³/mol. The van der Waals surface area contributed by atoms with E-state index in [1.807, 2.05) is 29.2 Å². The van der Waals surface area contributed by atoms with Crippen molar-refractivity contribution in [3.05, 3.63) is 42.0 Å². The zero-order chi connectivity index (χ0) is 13.4. The van der Waals surface area contributed by atoms with Crippen molar-refractivity contribution in [2.24, 2.45) is 7.05 Å². The molecule has 6 heteroatoms. The fraction of sp³-hybridized carbons (Fsp3) is 0.308. The van der Waals surface area contributed by atoms with Gasteiger partial charge in [-0.25, -0.2) is 9.78 Å². The SMILES string of the molecule is Cn1ncnc1CN1c2ccccc2CC1C(=O)O. The Morgan fingerprint density at radius 3 is 2.95 bits per heavy atom. The van der Waals surface area contributed by atoms with Crippen LogP contribution in [0.3, 0.4) is 0 Å². The van der Waals surface area contributed by atoms with Crippen LogP contribution in [0.4, 0.5) is 5.69 Å². The highest BCUT2D eigenvalue weighted by Gasteiger charge is 2.34. The Hall–Kier alpha value is -2.37. The molecule has 3 rings (SSSR count). The van der Waals surface area contributed by atoms with E-state index in [0.29, 0.717) is 13.0 Å². The first kappa shape index (κ1) is 11.7. The third-order valence-corrected chi connectivity index (χ3v) is 3.49. The van der Waals surface area contributed by atoms with Crippen LogP contribution in [0.5, 0.6) is 0 Å². The molecule has 1 aromatic heterocycles. The largest absolute Gasteiger partial charge is 0.480 e. The van der Waals surface area contributed by atoms with Gasteiger partial charge in [0, 0.05) is 19.2 Å². The van der Waals surface area contributed by atoms with Crippen molar-refractivity contribution in [3.63, 3.8) is 0 Å². The van der Waals surface area contributed by atoms with Crippen molar-refractivity contribution in [2.45, 2.75) is 19.0 Å². The van der Waals surface area contributed by atoms with Crippen LogP contribution >= 0.6 is 0 Å². The number of carbonyl (C=O) groups is 1. The number of para-hydroxylation sites is 1. The van der Waals surface area contributed by atoms with Crippen LogP contribution < -0.4 is 4.90 Å². The second-order valence-electron chi connectivity index (χ2n) is 4.61. The molecule has 0 amide bonds. The maximum absolute atomic E-state index is 11.4. The number of benzene rings is 1. The number of aliphatic carboxylic acids is 1. The van der Waals surface area contributed by atoms with Crippen LogP contribution in [0.15, 0.2) is 30.6 Å². The van der Waals surface area contributed by atoms with E-state index in [1.165, 1.54) is 6.33 Å². The summed E-state index contributed by atoms with van der Waals surface area (Å²) in [6.45, 7) is 0.449. The van der Waals surface area contributed by atoms with Gasteiger partial charge in [0.1, 0.15) is 18.2 Å². The van der Waals surface area contributed by atoms with Crippen molar-refractivity contribution in [1.82, 2.24) is 14.8 Å². The Morgan fingerprint density at radius 1 is 1.47 bits per heavy atom. The average molecular weight is 258 g/mol. The molecule has 6 nitrogen and oxygen atoms in total. The summed E-state index contributed by atoms with van der Waals surface area (Å²) in [4.78, 5) is 17.4. The normalized spacial score (nSPS) is 17.5. The van der Waals surface area contributed by atoms with Crippen LogP contribution in [0.2, 0.25) is 0 Å². The molecule has 1 unspecified atom stereocenters. The number of aryl methyl sites for hydroxylation is 1. The maximum Gasteiger partial charge on any atom is 0.326 e. The van der Waals surface area contributed by atoms with Crippen LogP contribution in [-0.4, -0.2) is 31.9 Å². The molecule has 2 heterocycles. The molecule has 1 aliphatic rings. The summed E-state index contributed by atoms with van der Waals surface area (Å²) in [6.07, 6.45) is 2.01. The predicted octanol–water partition coefficient (Wildman–Crippen LogP) is 0.831. The number of carboxylic acid groups (broad SMARTS) is 1. The minimum absolute atomic E-state index is 0.449. The third-order valence-electron chi connectivity index (χ3n) is 3.49. The number of hydrogen-bond donors (Lipinski definition) is 1. The first-order valence-corrected chi connectivity index (χ1v) is 6.07. The van der Waals surface area contributed by atoms with Crippen molar-refractivity contribution in [3.8, 4) is 0 Å². The van der Waals surface area contributed by atoms with Crippen molar-refractivity contribution < 1.29 is 9.90 Å². The number of hydrogen-bond acceptors (Lipinski definition) is 4. The van der Waals surface area contributed by atoms with E-state index in [9.17, 15) is 9.90 Å². The number of aromatic nitrogens is 3. The Kier molecular flexibility index (Phi) is 2.70. The first-order valence-electron chi connectivity index (χ1n) is 6.07. The number of nitrogens with zero attached hydrogens (tertiary/aromatic N) is 4. The van der Waals surface area contributed by atoms with Gasteiger partial charge in [0.05, 0.1) is 6.54 Å². The smallest absolute Gasteiger partial charge is 0.326 e. The van der Waals surface area contributed by atoms with Gasteiger partial charge in [-0.15, -0.1) is 0 Å². The molecule has 0 saturated carbocycles. The highest BCUT2D eigenvalue weighted by Crippen LogP contribution is 2.33. The molecule has 98 valence electrons. The molecule has 0 radical (unpaired) electrons. The van der Waals surface area contributed by atoms with Gasteiger partial charge in [-0.3, -0.25) is 4.68 Å². The van der Waals surface area contributed by atoms with Crippen molar-refractivity contribution in [1.29, 1.82) is 0 Å². The molecular formula is C13H14N4O2. The lowest BCUT2D eigenvalue weighted by Gasteiger charge is -2.23. The summed E-state index contributed by atoms with van der Waals surface area (Å²) in [7, 11) is 1.81. The third kappa shape index (κ3) is 1.95. The summed E-state index contributed by atoms with van der Waals surface area (Å²) < 4.78 is 1.67. The van der Waals surface area contributed by atoms with Gasteiger partial charge in [0.2, 0.25) is 0 Å². The van der Waals surface area contributed by atoms with E-state index >= 15 is 0 Å². The van der Waals surface area contributed by atoms with Crippen molar-refractivity contribution in [2.75, 3.05) is 4.90 Å². The van der Waals surface area contributed by atoms with Crippen LogP contribution in [-0.2, 0) is 24.8 Å². The lowest BCUT2D eigenvalue weighted by Crippen LogP contribution is -2.38. The molecular weight excluding hydrogens is 244 g/mol. The zero-order valence-corrected chi connectivity index (χ0v) is 10.5. The molecule has 19 heavy (non-hydrogen) atoms. The molecule has 1 atom stereocenters. The number of anilines is 1. The molecule has 0 bridgehead atoms. The molecule has 0 spiro atoms. The highest BCUT2D eigenvalue weighted by molar-refractivity contribution is 5.82. The second kappa shape index (κ2) is 4.38. The summed E-state index contributed by atoms with van der Waals surface area (Å²) in [5.74, 6) is -0.0543. The second-order valence-corrected chi connectivity index (χ2v) is 4.61. The topological polar surface area (TPSA) is 71.2 Å². The molecule has 0 fully saturated rings. The highest BCUT2D eigenvalue weighted by atomic mass is 16.4. The van der Waals surface area contributed by atoms with Crippen LogP contribution in [0.1, 0.15) is 11.4 Å². The summed E-state index contributed by atoms with van der Waals surface area (Å²) in [5.41, 5.74) is 2.04. The van der Waals surface area contributed by atoms with Gasteiger partial charge in [0.15, 0.2) is 0 Å². The van der Waals surface area contributed by atoms with Gasteiger partial charge < -0.3 is 10.0 Å². The number of carboxylic acids is 1. The molecule has 0 saturated heterocycles. The minimum Gasteiger partial charge on any atom is -0.480 e. The van der Waals surface area contributed by atoms with E-state index in [-0.39, 0.29) is 0 Å². The average Bonchev–Trinajstić information content (AvgIpc) is 2.95. The minimum atomic E-state index is -0.807. The van der Waals surface area contributed by atoms with E-state index < -0.39 is 12.0 Å². The molecule has 2 aromatic rings. The summed E-state index contributed by atoms with van der Waals surface area (Å²) in [5, 5.41) is 13.4. The Balaban J connectivity index is 1.96. The maximum atomic E-state index is 11.4. The number of rotatable bonds is 3. The van der Waals surface area contributed by atoms with Gasteiger partial charge in [-0.1, -0.05) is 18.2 Å². The summed E-state index contributed by atoms with van der Waals surface area (Å²) >= 11 is 0. The van der Waals surface area contributed by atoms with Crippen LogP contribution in [0.25, 0.3) is 0 Å². The lowest BCUT2D eigenvalue weighted by atomic mass is 10.1. The van der Waals surface area contributed by atoms with Gasteiger partial charge >= 0.3 is 5.97 Å². The van der Waals surface area contributed by atoms with E-state index in [2.05, 4.69) is 10.1 Å². The Labute approximate surface area is 110 Å². The van der Waals surface area contributed by atoms with Gasteiger partial charge in [-0.2, -0.15) is 5.10 Å². The van der Waals surface area contributed by atoms with E-state index in [4.69, 9.17) is 0 Å². The molecule has 1 N–H and O–H groups in total. The number of fused-ring (bicyclic) bond motifs is 1. The lowest BCUT2D eigenvalue weighted by molar-refractivity contribution is -0.138. The fourth-order valence-corrected chi connectivity index (χ4v) is 2.48. The monoisotopic (exact) mass is 258 g/mol. The van der Waals surface area contributed by atoms with E-state index in [1.54, 1.807) is 11.7 Å². The quantitative estimate of drug-likeness (QED) is 0.883. The van der Waals surface area contributed by atoms with Gasteiger partial charge in [-0.05, 0) is 11.6 Å².